The molecular formula is C24H25N5O2S. The minimum Gasteiger partial charge on any atom is -0.497 e. The molecule has 0 radical (unpaired) electrons. The fourth-order valence-corrected chi connectivity index (χ4v) is 4.19. The van der Waals surface area contributed by atoms with Crippen LogP contribution in [0.25, 0.3) is 27.8 Å². The van der Waals surface area contributed by atoms with Crippen LogP contribution in [0, 0.1) is 6.92 Å². The number of aromatic nitrogens is 4. The van der Waals surface area contributed by atoms with E-state index in [0.29, 0.717) is 5.56 Å². The second-order valence-corrected chi connectivity index (χ2v) is 8.33. The van der Waals surface area contributed by atoms with Gasteiger partial charge in [0, 0.05) is 35.2 Å². The van der Waals surface area contributed by atoms with E-state index in [0.717, 1.165) is 45.6 Å². The highest BCUT2D eigenvalue weighted by Gasteiger charge is 2.22. The predicted molar refractivity (Wildman–Crippen MR) is 126 cm³/mol. The number of nitrogens with zero attached hydrogens (tertiary/aromatic N) is 4. The molecule has 1 atom stereocenters. The van der Waals surface area contributed by atoms with Gasteiger partial charge in [0.2, 0.25) is 0 Å². The number of ether oxygens (including phenoxy) is 1. The second-order valence-electron chi connectivity index (χ2n) is 7.47. The van der Waals surface area contributed by atoms with Crippen LogP contribution in [0.15, 0.2) is 54.3 Å². The highest BCUT2D eigenvalue weighted by molar-refractivity contribution is 7.13. The van der Waals surface area contributed by atoms with Crippen molar-refractivity contribution in [2.45, 2.75) is 33.2 Å². The van der Waals surface area contributed by atoms with Crippen LogP contribution in [0.3, 0.4) is 0 Å². The van der Waals surface area contributed by atoms with Crippen LogP contribution in [0.2, 0.25) is 0 Å². The van der Waals surface area contributed by atoms with Gasteiger partial charge in [-0.1, -0.05) is 6.92 Å². The molecule has 164 valence electrons. The van der Waals surface area contributed by atoms with Gasteiger partial charge in [0.15, 0.2) is 0 Å². The van der Waals surface area contributed by atoms with E-state index in [9.17, 15) is 4.79 Å². The van der Waals surface area contributed by atoms with E-state index < -0.39 is 0 Å². The molecule has 1 aromatic carbocycles. The first-order valence-electron chi connectivity index (χ1n) is 10.4. The van der Waals surface area contributed by atoms with Crippen molar-refractivity contribution >= 4 is 17.2 Å². The Morgan fingerprint density at radius 3 is 2.66 bits per heavy atom. The van der Waals surface area contributed by atoms with Crippen LogP contribution in [-0.2, 0) is 0 Å². The Kier molecular flexibility index (Phi) is 6.32. The SMILES string of the molecule is CCC(C)NC(=O)c1cc(-c2csc(-c3cnccn3)n2)n(-c2ccc(OC)cc2)c1C. The number of thiazole rings is 1. The highest BCUT2D eigenvalue weighted by atomic mass is 32.1. The number of carbonyl (C=O) groups is 1. The Labute approximate surface area is 191 Å². The zero-order chi connectivity index (χ0) is 22.7. The summed E-state index contributed by atoms with van der Waals surface area (Å²) in [5.41, 5.74) is 4.74. The lowest BCUT2D eigenvalue weighted by atomic mass is 10.2. The van der Waals surface area contributed by atoms with Crippen molar-refractivity contribution in [1.82, 2.24) is 24.8 Å². The van der Waals surface area contributed by atoms with E-state index in [-0.39, 0.29) is 11.9 Å². The van der Waals surface area contributed by atoms with Crippen molar-refractivity contribution in [3.05, 3.63) is 65.6 Å². The van der Waals surface area contributed by atoms with E-state index in [1.54, 1.807) is 25.7 Å². The van der Waals surface area contributed by atoms with E-state index in [1.165, 1.54) is 11.3 Å². The third-order valence-corrected chi connectivity index (χ3v) is 6.23. The first-order chi connectivity index (χ1) is 15.5. The topological polar surface area (TPSA) is 81.9 Å². The van der Waals surface area contributed by atoms with Crippen LogP contribution in [-0.4, -0.2) is 38.6 Å². The smallest absolute Gasteiger partial charge is 0.253 e. The average Bonchev–Trinajstić information content (AvgIpc) is 3.44. The lowest BCUT2D eigenvalue weighted by Crippen LogP contribution is -2.32. The molecule has 3 aromatic heterocycles. The van der Waals surface area contributed by atoms with Gasteiger partial charge in [0.25, 0.3) is 5.91 Å². The van der Waals surface area contributed by atoms with Crippen molar-refractivity contribution < 1.29 is 9.53 Å². The fraction of sp³-hybridized carbons (Fsp3) is 0.250. The number of methoxy groups -OCH3 is 1. The zero-order valence-corrected chi connectivity index (χ0v) is 19.3. The molecular weight excluding hydrogens is 422 g/mol. The molecule has 3 heterocycles. The van der Waals surface area contributed by atoms with Crippen molar-refractivity contribution in [2.24, 2.45) is 0 Å². The summed E-state index contributed by atoms with van der Waals surface area (Å²) in [6.07, 6.45) is 5.85. The number of hydrogen-bond acceptors (Lipinski definition) is 6. The van der Waals surface area contributed by atoms with Gasteiger partial charge in [-0.25, -0.2) is 4.98 Å². The van der Waals surface area contributed by atoms with Crippen LogP contribution >= 0.6 is 11.3 Å². The molecule has 1 amide bonds. The molecule has 0 aliphatic heterocycles. The van der Waals surface area contributed by atoms with Gasteiger partial charge in [-0.2, -0.15) is 0 Å². The molecule has 0 aliphatic rings. The summed E-state index contributed by atoms with van der Waals surface area (Å²) in [4.78, 5) is 26.3. The number of hydrogen-bond donors (Lipinski definition) is 1. The summed E-state index contributed by atoms with van der Waals surface area (Å²) in [6.45, 7) is 6.01. The van der Waals surface area contributed by atoms with E-state index >= 15 is 0 Å². The molecule has 0 saturated carbocycles. The Bertz CT molecular complexity index is 1220. The molecule has 32 heavy (non-hydrogen) atoms. The van der Waals surface area contributed by atoms with Crippen molar-refractivity contribution in [3.63, 3.8) is 0 Å². The van der Waals surface area contributed by atoms with Crippen molar-refractivity contribution in [3.8, 4) is 33.5 Å². The summed E-state index contributed by atoms with van der Waals surface area (Å²) in [5.74, 6) is 0.684. The summed E-state index contributed by atoms with van der Waals surface area (Å²) in [7, 11) is 1.64. The molecule has 0 spiro atoms. The lowest BCUT2D eigenvalue weighted by Gasteiger charge is -2.13. The Balaban J connectivity index is 1.82. The molecule has 1 unspecified atom stereocenters. The number of carbonyl (C=O) groups excluding carboxylic acids is 1. The van der Waals surface area contributed by atoms with E-state index in [2.05, 4.69) is 26.8 Å². The van der Waals surface area contributed by atoms with Crippen molar-refractivity contribution in [1.29, 1.82) is 0 Å². The molecule has 4 aromatic rings. The maximum atomic E-state index is 13.0. The zero-order valence-electron chi connectivity index (χ0n) is 18.5. The maximum absolute atomic E-state index is 13.0. The van der Waals surface area contributed by atoms with Crippen LogP contribution < -0.4 is 10.1 Å². The minimum atomic E-state index is -0.0882. The van der Waals surface area contributed by atoms with Gasteiger partial charge >= 0.3 is 0 Å². The van der Waals surface area contributed by atoms with E-state index in [1.807, 2.05) is 49.6 Å². The summed E-state index contributed by atoms with van der Waals surface area (Å²) >= 11 is 1.50. The first-order valence-corrected chi connectivity index (χ1v) is 11.3. The molecule has 0 fully saturated rings. The first kappa shape index (κ1) is 21.7. The number of nitrogens with one attached hydrogen (secondary N) is 1. The van der Waals surface area contributed by atoms with Gasteiger partial charge in [0.1, 0.15) is 16.5 Å². The van der Waals surface area contributed by atoms with E-state index in [4.69, 9.17) is 9.72 Å². The predicted octanol–water partition coefficient (Wildman–Crippen LogP) is 4.90. The molecule has 0 bridgehead atoms. The van der Waals surface area contributed by atoms with Gasteiger partial charge < -0.3 is 14.6 Å². The Morgan fingerprint density at radius 2 is 2.00 bits per heavy atom. The molecule has 4 rings (SSSR count). The largest absolute Gasteiger partial charge is 0.497 e. The third kappa shape index (κ3) is 4.27. The highest BCUT2D eigenvalue weighted by Crippen LogP contribution is 2.33. The molecule has 8 heteroatoms. The monoisotopic (exact) mass is 447 g/mol. The number of rotatable bonds is 7. The standard InChI is InChI=1S/C24H25N5O2S/c1-5-15(2)27-23(30)19-12-22(21-14-32-24(28-21)20-13-25-10-11-26-20)29(16(19)3)17-6-8-18(31-4)9-7-17/h6-15H,5H2,1-4H3,(H,27,30). The fourth-order valence-electron chi connectivity index (χ4n) is 3.41. The summed E-state index contributed by atoms with van der Waals surface area (Å²) < 4.78 is 7.36. The molecule has 1 N–H and O–H groups in total. The third-order valence-electron chi connectivity index (χ3n) is 5.36. The Hall–Kier alpha value is -3.52. The Morgan fingerprint density at radius 1 is 1.22 bits per heavy atom. The number of benzene rings is 1. The number of amides is 1. The molecule has 0 aliphatic carbocycles. The van der Waals surface area contributed by atoms with Gasteiger partial charge in [-0.05, 0) is 50.6 Å². The van der Waals surface area contributed by atoms with Crippen molar-refractivity contribution in [2.75, 3.05) is 7.11 Å². The van der Waals surface area contributed by atoms with Crippen LogP contribution in [0.4, 0.5) is 0 Å². The molecule has 0 saturated heterocycles. The normalized spacial score (nSPS) is 11.9. The lowest BCUT2D eigenvalue weighted by molar-refractivity contribution is 0.0938. The van der Waals surface area contributed by atoms with Crippen LogP contribution in [0.5, 0.6) is 5.75 Å². The minimum absolute atomic E-state index is 0.0882. The molecule has 7 nitrogen and oxygen atoms in total. The van der Waals surface area contributed by atoms with Crippen LogP contribution in [0.1, 0.15) is 36.3 Å². The van der Waals surface area contributed by atoms with Gasteiger partial charge in [0.05, 0.1) is 30.3 Å². The quantitative estimate of drug-likeness (QED) is 0.436. The summed E-state index contributed by atoms with van der Waals surface area (Å²) in [5, 5.41) is 5.83. The van der Waals surface area contributed by atoms with Gasteiger partial charge in [-0.15, -0.1) is 11.3 Å². The summed E-state index contributed by atoms with van der Waals surface area (Å²) in [6, 6.07) is 9.76. The van der Waals surface area contributed by atoms with Gasteiger partial charge in [-0.3, -0.25) is 14.8 Å². The second kappa shape index (κ2) is 9.32. The average molecular weight is 448 g/mol. The maximum Gasteiger partial charge on any atom is 0.253 e.